The van der Waals surface area contributed by atoms with Gasteiger partial charge in [0.25, 0.3) is 0 Å². The third kappa shape index (κ3) is 2.94. The number of benzene rings is 1. The van der Waals surface area contributed by atoms with Gasteiger partial charge in [-0.2, -0.15) is 0 Å². The molecule has 5 nitrogen and oxygen atoms in total. The third-order valence-corrected chi connectivity index (χ3v) is 2.94. The largest absolute Gasteiger partial charge is 0.496 e. The van der Waals surface area contributed by atoms with Crippen molar-refractivity contribution in [3.63, 3.8) is 0 Å². The number of ether oxygens (including phenoxy) is 1. The van der Waals surface area contributed by atoms with Gasteiger partial charge in [0.2, 0.25) is 0 Å². The molecule has 0 saturated carbocycles. The Morgan fingerprint density at radius 2 is 2.11 bits per heavy atom. The van der Waals surface area contributed by atoms with E-state index in [0.717, 1.165) is 23.8 Å². The molecule has 2 N–H and O–H groups in total. The van der Waals surface area contributed by atoms with E-state index in [4.69, 9.17) is 10.5 Å². The normalized spacial score (nSPS) is 12.7. The standard InChI is InChI=1S/C14H20N4O/c1-17(2)10-18-9-8-16-14(18)13(15)11-6-4-5-7-12(11)19-3/h4-9,13H,10,15H2,1-3H3. The van der Waals surface area contributed by atoms with Crippen molar-refractivity contribution in [3.05, 3.63) is 48.0 Å². The minimum Gasteiger partial charge on any atom is -0.496 e. The number of nitrogens with two attached hydrogens (primary N) is 1. The lowest BCUT2D eigenvalue weighted by atomic mass is 10.1. The lowest BCUT2D eigenvalue weighted by Crippen LogP contribution is -2.23. The molecule has 0 fully saturated rings. The second-order valence-electron chi connectivity index (χ2n) is 4.70. The van der Waals surface area contributed by atoms with E-state index in [1.807, 2.05) is 49.1 Å². The molecule has 2 aromatic rings. The van der Waals surface area contributed by atoms with Crippen molar-refractivity contribution in [2.24, 2.45) is 5.73 Å². The Kier molecular flexibility index (Phi) is 4.19. The van der Waals surface area contributed by atoms with Crippen molar-refractivity contribution in [2.75, 3.05) is 21.2 Å². The Morgan fingerprint density at radius 3 is 2.79 bits per heavy atom. The summed E-state index contributed by atoms with van der Waals surface area (Å²) in [6.45, 7) is 0.748. The molecule has 1 atom stereocenters. The predicted octanol–water partition coefficient (Wildman–Crippen LogP) is 1.46. The first-order chi connectivity index (χ1) is 9.13. The molecule has 1 aromatic heterocycles. The van der Waals surface area contributed by atoms with Crippen LogP contribution in [0.1, 0.15) is 17.4 Å². The van der Waals surface area contributed by atoms with Gasteiger partial charge < -0.3 is 15.0 Å². The predicted molar refractivity (Wildman–Crippen MR) is 74.9 cm³/mol. The molecule has 102 valence electrons. The highest BCUT2D eigenvalue weighted by atomic mass is 16.5. The Balaban J connectivity index is 2.33. The van der Waals surface area contributed by atoms with Gasteiger partial charge in [-0.05, 0) is 20.2 Å². The van der Waals surface area contributed by atoms with Gasteiger partial charge in [0.15, 0.2) is 0 Å². The van der Waals surface area contributed by atoms with Gasteiger partial charge in [0.1, 0.15) is 11.6 Å². The average molecular weight is 260 g/mol. The average Bonchev–Trinajstić information content (AvgIpc) is 2.85. The van der Waals surface area contributed by atoms with Gasteiger partial charge in [0.05, 0.1) is 19.8 Å². The molecular weight excluding hydrogens is 240 g/mol. The third-order valence-electron chi connectivity index (χ3n) is 2.94. The first kappa shape index (κ1) is 13.6. The minimum atomic E-state index is -0.300. The summed E-state index contributed by atoms with van der Waals surface area (Å²) in [5.41, 5.74) is 7.27. The van der Waals surface area contributed by atoms with Crippen molar-refractivity contribution in [1.29, 1.82) is 0 Å². The Bertz CT molecular complexity index is 536. The molecule has 1 aromatic carbocycles. The Morgan fingerprint density at radius 1 is 1.37 bits per heavy atom. The van der Waals surface area contributed by atoms with E-state index in [2.05, 4.69) is 9.88 Å². The van der Waals surface area contributed by atoms with Gasteiger partial charge in [-0.25, -0.2) is 4.98 Å². The van der Waals surface area contributed by atoms with Crippen LogP contribution in [-0.2, 0) is 6.67 Å². The molecule has 0 aliphatic carbocycles. The van der Waals surface area contributed by atoms with Gasteiger partial charge in [-0.3, -0.25) is 4.90 Å². The van der Waals surface area contributed by atoms with E-state index < -0.39 is 0 Å². The topological polar surface area (TPSA) is 56.3 Å². The number of aromatic nitrogens is 2. The van der Waals surface area contributed by atoms with Crippen LogP contribution in [0.15, 0.2) is 36.7 Å². The Labute approximate surface area is 113 Å². The van der Waals surface area contributed by atoms with Crippen LogP contribution >= 0.6 is 0 Å². The first-order valence-corrected chi connectivity index (χ1v) is 6.17. The van der Waals surface area contributed by atoms with Gasteiger partial charge in [0, 0.05) is 18.0 Å². The summed E-state index contributed by atoms with van der Waals surface area (Å²) < 4.78 is 7.40. The summed E-state index contributed by atoms with van der Waals surface area (Å²) in [4.78, 5) is 6.45. The van der Waals surface area contributed by atoms with Gasteiger partial charge in [-0.15, -0.1) is 0 Å². The van der Waals surface area contributed by atoms with E-state index >= 15 is 0 Å². The minimum absolute atomic E-state index is 0.300. The van der Waals surface area contributed by atoms with Crippen LogP contribution in [0, 0.1) is 0 Å². The second-order valence-corrected chi connectivity index (χ2v) is 4.70. The summed E-state index contributed by atoms with van der Waals surface area (Å²) >= 11 is 0. The van der Waals surface area contributed by atoms with Crippen LogP contribution in [0.25, 0.3) is 0 Å². The number of para-hydroxylation sites is 1. The van der Waals surface area contributed by atoms with Crippen molar-refractivity contribution >= 4 is 0 Å². The fourth-order valence-electron chi connectivity index (χ4n) is 2.09. The molecule has 0 amide bonds. The summed E-state index contributed by atoms with van der Waals surface area (Å²) in [6.07, 6.45) is 3.71. The smallest absolute Gasteiger partial charge is 0.131 e. The number of methoxy groups -OCH3 is 1. The van der Waals surface area contributed by atoms with E-state index in [-0.39, 0.29) is 6.04 Å². The molecule has 0 bridgehead atoms. The molecule has 5 heteroatoms. The number of rotatable bonds is 5. The number of hydrogen-bond donors (Lipinski definition) is 1. The van der Waals surface area contributed by atoms with E-state index in [9.17, 15) is 0 Å². The maximum absolute atomic E-state index is 6.33. The highest BCUT2D eigenvalue weighted by molar-refractivity contribution is 5.38. The summed E-state index contributed by atoms with van der Waals surface area (Å²) in [6, 6.07) is 7.47. The summed E-state index contributed by atoms with van der Waals surface area (Å²) in [5.74, 6) is 1.62. The highest BCUT2D eigenvalue weighted by Crippen LogP contribution is 2.27. The van der Waals surface area contributed by atoms with Crippen LogP contribution in [0.3, 0.4) is 0 Å². The zero-order valence-corrected chi connectivity index (χ0v) is 11.6. The molecule has 1 unspecified atom stereocenters. The fourth-order valence-corrected chi connectivity index (χ4v) is 2.09. The van der Waals surface area contributed by atoms with Crippen molar-refractivity contribution < 1.29 is 4.74 Å². The molecule has 0 radical (unpaired) electrons. The lowest BCUT2D eigenvalue weighted by Gasteiger charge is -2.19. The zero-order valence-electron chi connectivity index (χ0n) is 11.6. The molecule has 0 spiro atoms. The molecule has 19 heavy (non-hydrogen) atoms. The summed E-state index contributed by atoms with van der Waals surface area (Å²) in [5, 5.41) is 0. The quantitative estimate of drug-likeness (QED) is 0.884. The molecule has 0 aliphatic rings. The van der Waals surface area contributed by atoms with E-state index in [1.165, 1.54) is 0 Å². The number of nitrogens with zero attached hydrogens (tertiary/aromatic N) is 3. The van der Waals surface area contributed by atoms with Crippen molar-refractivity contribution in [2.45, 2.75) is 12.7 Å². The maximum Gasteiger partial charge on any atom is 0.131 e. The Hall–Kier alpha value is -1.85. The molecule has 0 aliphatic heterocycles. The van der Waals surface area contributed by atoms with Crippen LogP contribution in [0.2, 0.25) is 0 Å². The second kappa shape index (κ2) is 5.86. The monoisotopic (exact) mass is 260 g/mol. The van der Waals surface area contributed by atoms with Crippen molar-refractivity contribution in [1.82, 2.24) is 14.5 Å². The molecular formula is C14H20N4O. The highest BCUT2D eigenvalue weighted by Gasteiger charge is 2.18. The van der Waals surface area contributed by atoms with Gasteiger partial charge >= 0.3 is 0 Å². The van der Waals surface area contributed by atoms with E-state index in [0.29, 0.717) is 0 Å². The molecule has 0 saturated heterocycles. The van der Waals surface area contributed by atoms with Crippen LogP contribution in [0.5, 0.6) is 5.75 Å². The van der Waals surface area contributed by atoms with E-state index in [1.54, 1.807) is 13.3 Å². The maximum atomic E-state index is 6.33. The van der Waals surface area contributed by atoms with Crippen LogP contribution < -0.4 is 10.5 Å². The first-order valence-electron chi connectivity index (χ1n) is 6.17. The molecule has 2 rings (SSSR count). The zero-order chi connectivity index (χ0) is 13.8. The number of imidazole rings is 1. The van der Waals surface area contributed by atoms with Crippen LogP contribution in [-0.4, -0.2) is 35.7 Å². The molecule has 1 heterocycles. The van der Waals surface area contributed by atoms with Gasteiger partial charge in [-0.1, -0.05) is 18.2 Å². The summed E-state index contributed by atoms with van der Waals surface area (Å²) in [7, 11) is 5.68. The fraction of sp³-hybridized carbons (Fsp3) is 0.357. The van der Waals surface area contributed by atoms with Crippen molar-refractivity contribution in [3.8, 4) is 5.75 Å². The van der Waals surface area contributed by atoms with Crippen LogP contribution in [0.4, 0.5) is 0 Å². The number of hydrogen-bond acceptors (Lipinski definition) is 4. The SMILES string of the molecule is COc1ccccc1C(N)c1nccn1CN(C)C. The lowest BCUT2D eigenvalue weighted by molar-refractivity contribution is 0.318.